The second kappa shape index (κ2) is 9.29. The SMILES string of the molecule is CCNC(=NCC(=O)Nc1ccc(O)cc1)NC1CC2(CCCC2)Oc2ccccc21. The van der Waals surface area contributed by atoms with Gasteiger partial charge in [-0.3, -0.25) is 4.79 Å². The Balaban J connectivity index is 1.46. The minimum atomic E-state index is -0.220. The predicted octanol–water partition coefficient (Wildman–Crippen LogP) is 3.72. The van der Waals surface area contributed by atoms with E-state index in [1.165, 1.54) is 25.0 Å². The molecule has 1 amide bonds. The molecule has 1 unspecified atom stereocenters. The number of phenols is 1. The molecule has 1 aliphatic heterocycles. The van der Waals surface area contributed by atoms with Crippen molar-refractivity contribution in [1.29, 1.82) is 0 Å². The van der Waals surface area contributed by atoms with Crippen molar-refractivity contribution in [2.45, 2.75) is 50.7 Å². The number of carbonyl (C=O) groups is 1. The number of hydrogen-bond acceptors (Lipinski definition) is 4. The van der Waals surface area contributed by atoms with E-state index in [4.69, 9.17) is 4.74 Å². The van der Waals surface area contributed by atoms with E-state index >= 15 is 0 Å². The van der Waals surface area contributed by atoms with Crippen molar-refractivity contribution >= 4 is 17.6 Å². The lowest BCUT2D eigenvalue weighted by Crippen LogP contribution is -2.46. The number of fused-ring (bicyclic) bond motifs is 1. The van der Waals surface area contributed by atoms with Crippen LogP contribution in [-0.4, -0.2) is 35.7 Å². The molecule has 7 heteroatoms. The summed E-state index contributed by atoms with van der Waals surface area (Å²) in [6.45, 7) is 2.69. The topological polar surface area (TPSA) is 95.0 Å². The van der Waals surface area contributed by atoms with Crippen LogP contribution in [0, 0.1) is 0 Å². The van der Waals surface area contributed by atoms with E-state index < -0.39 is 0 Å². The molecule has 1 saturated carbocycles. The molecule has 0 radical (unpaired) electrons. The van der Waals surface area contributed by atoms with Gasteiger partial charge in [0.15, 0.2) is 5.96 Å². The van der Waals surface area contributed by atoms with Gasteiger partial charge in [0.2, 0.25) is 5.91 Å². The van der Waals surface area contributed by atoms with Crippen molar-refractivity contribution in [3.63, 3.8) is 0 Å². The molecular formula is C24H30N4O3. The summed E-state index contributed by atoms with van der Waals surface area (Å²) >= 11 is 0. The van der Waals surface area contributed by atoms with Gasteiger partial charge in [0.1, 0.15) is 23.6 Å². The number of anilines is 1. The number of amides is 1. The normalized spacial score (nSPS) is 19.4. The van der Waals surface area contributed by atoms with Crippen LogP contribution in [-0.2, 0) is 4.79 Å². The summed E-state index contributed by atoms with van der Waals surface area (Å²) in [6, 6.07) is 14.6. The van der Waals surface area contributed by atoms with Crippen LogP contribution in [0.3, 0.4) is 0 Å². The molecule has 1 fully saturated rings. The van der Waals surface area contributed by atoms with Gasteiger partial charge in [-0.05, 0) is 62.9 Å². The second-order valence-corrected chi connectivity index (χ2v) is 8.22. The average molecular weight is 423 g/mol. The zero-order valence-electron chi connectivity index (χ0n) is 17.9. The standard InChI is InChI=1S/C24H30N4O3/c1-2-25-23(26-16-22(30)27-17-9-11-18(29)12-10-17)28-20-15-24(13-5-6-14-24)31-21-8-4-3-7-19(20)21/h3-4,7-12,20,29H,2,5-6,13-16H2,1H3,(H,27,30)(H2,25,26,28). The van der Waals surface area contributed by atoms with Crippen molar-refractivity contribution < 1.29 is 14.6 Å². The molecule has 4 N–H and O–H groups in total. The maximum Gasteiger partial charge on any atom is 0.246 e. The Hall–Kier alpha value is -3.22. The number of carbonyl (C=O) groups excluding carboxylic acids is 1. The molecule has 2 aromatic rings. The maximum atomic E-state index is 12.3. The molecule has 0 aromatic heterocycles. The van der Waals surface area contributed by atoms with Gasteiger partial charge in [-0.2, -0.15) is 0 Å². The fourth-order valence-electron chi connectivity index (χ4n) is 4.45. The van der Waals surface area contributed by atoms with Crippen LogP contribution in [0.5, 0.6) is 11.5 Å². The van der Waals surface area contributed by atoms with Crippen LogP contribution in [0.1, 0.15) is 50.6 Å². The highest BCUT2D eigenvalue weighted by atomic mass is 16.5. The molecular weight excluding hydrogens is 392 g/mol. The van der Waals surface area contributed by atoms with E-state index in [0.29, 0.717) is 18.2 Å². The molecule has 4 rings (SSSR count). The van der Waals surface area contributed by atoms with E-state index in [9.17, 15) is 9.90 Å². The van der Waals surface area contributed by atoms with Crippen molar-refractivity contribution in [3.05, 3.63) is 54.1 Å². The predicted molar refractivity (Wildman–Crippen MR) is 121 cm³/mol. The van der Waals surface area contributed by atoms with Crippen LogP contribution >= 0.6 is 0 Å². The fraction of sp³-hybridized carbons (Fsp3) is 0.417. The third-order valence-electron chi connectivity index (χ3n) is 5.90. The van der Waals surface area contributed by atoms with Crippen LogP contribution in [0.4, 0.5) is 5.69 Å². The van der Waals surface area contributed by atoms with Gasteiger partial charge in [-0.25, -0.2) is 4.99 Å². The zero-order chi connectivity index (χ0) is 21.7. The monoisotopic (exact) mass is 422 g/mol. The lowest BCUT2D eigenvalue weighted by atomic mass is 9.86. The summed E-state index contributed by atoms with van der Waals surface area (Å²) in [4.78, 5) is 16.8. The maximum absolute atomic E-state index is 12.3. The van der Waals surface area contributed by atoms with Gasteiger partial charge in [-0.15, -0.1) is 0 Å². The largest absolute Gasteiger partial charge is 0.508 e. The Morgan fingerprint density at radius 1 is 1.16 bits per heavy atom. The molecule has 0 bridgehead atoms. The van der Waals surface area contributed by atoms with E-state index in [0.717, 1.165) is 30.6 Å². The summed E-state index contributed by atoms with van der Waals surface area (Å²) in [5, 5.41) is 18.9. The quantitative estimate of drug-likeness (QED) is 0.335. The first kappa shape index (κ1) is 21.0. The smallest absolute Gasteiger partial charge is 0.246 e. The zero-order valence-corrected chi connectivity index (χ0v) is 17.9. The highest BCUT2D eigenvalue weighted by molar-refractivity contribution is 5.94. The van der Waals surface area contributed by atoms with Gasteiger partial charge in [0, 0.05) is 24.2 Å². The van der Waals surface area contributed by atoms with Crippen LogP contribution < -0.4 is 20.7 Å². The number of phenolic OH excluding ortho intramolecular Hbond substituents is 1. The summed E-state index contributed by atoms with van der Waals surface area (Å²) < 4.78 is 6.44. The molecule has 1 spiro atoms. The molecule has 1 aliphatic carbocycles. The number of rotatable bonds is 5. The second-order valence-electron chi connectivity index (χ2n) is 8.22. The van der Waals surface area contributed by atoms with Crippen molar-refractivity contribution in [2.24, 2.45) is 4.99 Å². The number of nitrogens with one attached hydrogen (secondary N) is 3. The number of nitrogens with zero attached hydrogens (tertiary/aromatic N) is 1. The van der Waals surface area contributed by atoms with Crippen molar-refractivity contribution in [2.75, 3.05) is 18.4 Å². The van der Waals surface area contributed by atoms with Gasteiger partial charge < -0.3 is 25.8 Å². The Morgan fingerprint density at radius 2 is 1.90 bits per heavy atom. The first-order valence-corrected chi connectivity index (χ1v) is 11.0. The lowest BCUT2D eigenvalue weighted by molar-refractivity contribution is -0.114. The Kier molecular flexibility index (Phi) is 6.30. The molecule has 1 heterocycles. The number of benzene rings is 2. The molecule has 31 heavy (non-hydrogen) atoms. The number of aliphatic imine (C=N–C) groups is 1. The van der Waals surface area contributed by atoms with Crippen molar-refractivity contribution in [1.82, 2.24) is 10.6 Å². The third-order valence-corrected chi connectivity index (χ3v) is 5.90. The Bertz CT molecular complexity index is 936. The summed E-state index contributed by atoms with van der Waals surface area (Å²) in [5.74, 6) is 1.49. The molecule has 164 valence electrons. The highest BCUT2D eigenvalue weighted by Crippen LogP contribution is 2.46. The third kappa shape index (κ3) is 5.10. The Labute approximate surface area is 182 Å². The number of aromatic hydroxyl groups is 1. The number of guanidine groups is 1. The van der Waals surface area contributed by atoms with Crippen LogP contribution in [0.15, 0.2) is 53.5 Å². The van der Waals surface area contributed by atoms with Crippen molar-refractivity contribution in [3.8, 4) is 11.5 Å². The molecule has 2 aromatic carbocycles. The average Bonchev–Trinajstić information content (AvgIpc) is 3.21. The summed E-state index contributed by atoms with van der Waals surface area (Å²) in [6.07, 6.45) is 5.42. The van der Waals surface area contributed by atoms with Crippen LogP contribution in [0.25, 0.3) is 0 Å². The highest BCUT2D eigenvalue weighted by Gasteiger charge is 2.43. The number of hydrogen-bond donors (Lipinski definition) is 4. The van der Waals surface area contributed by atoms with Crippen LogP contribution in [0.2, 0.25) is 0 Å². The number of para-hydroxylation sites is 1. The number of ether oxygens (including phenoxy) is 1. The van der Waals surface area contributed by atoms with Gasteiger partial charge in [0.25, 0.3) is 0 Å². The van der Waals surface area contributed by atoms with Gasteiger partial charge in [0.05, 0.1) is 6.04 Å². The minimum absolute atomic E-state index is 0.00772. The first-order valence-electron chi connectivity index (χ1n) is 11.0. The summed E-state index contributed by atoms with van der Waals surface area (Å²) in [5.41, 5.74) is 1.64. The first-order chi connectivity index (χ1) is 15.1. The van der Waals surface area contributed by atoms with Gasteiger partial charge in [-0.1, -0.05) is 18.2 Å². The Morgan fingerprint density at radius 3 is 2.65 bits per heavy atom. The van der Waals surface area contributed by atoms with E-state index in [1.54, 1.807) is 12.1 Å². The summed E-state index contributed by atoms with van der Waals surface area (Å²) in [7, 11) is 0. The van der Waals surface area contributed by atoms with E-state index in [2.05, 4.69) is 27.0 Å². The lowest BCUT2D eigenvalue weighted by Gasteiger charge is -2.40. The molecule has 2 aliphatic rings. The fourth-order valence-corrected chi connectivity index (χ4v) is 4.45. The molecule has 0 saturated heterocycles. The molecule has 7 nitrogen and oxygen atoms in total. The van der Waals surface area contributed by atoms with E-state index in [-0.39, 0.29) is 29.8 Å². The van der Waals surface area contributed by atoms with E-state index in [1.807, 2.05) is 25.1 Å². The molecule has 1 atom stereocenters. The van der Waals surface area contributed by atoms with Gasteiger partial charge >= 0.3 is 0 Å². The minimum Gasteiger partial charge on any atom is -0.508 e.